The Morgan fingerprint density at radius 2 is 1.92 bits per heavy atom. The van der Waals surface area contributed by atoms with Crippen LogP contribution in [0.1, 0.15) is 39.5 Å². The molecular weight excluding hydrogens is 352 g/mol. The third-order valence-corrected chi connectivity index (χ3v) is 4.66. The van der Waals surface area contributed by atoms with Crippen LogP contribution in [-0.4, -0.2) is 35.2 Å². The van der Waals surface area contributed by atoms with Gasteiger partial charge in [-0.2, -0.15) is 0 Å². The predicted molar refractivity (Wildman–Crippen MR) is 102 cm³/mol. The number of ether oxygens (including phenoxy) is 1. The normalized spacial score (nSPS) is 11.7. The van der Waals surface area contributed by atoms with Crippen LogP contribution in [0.4, 0.5) is 5.13 Å². The summed E-state index contributed by atoms with van der Waals surface area (Å²) in [6.07, 6.45) is 3.33. The van der Waals surface area contributed by atoms with Crippen LogP contribution in [0, 0.1) is 0 Å². The van der Waals surface area contributed by atoms with E-state index in [0.29, 0.717) is 16.6 Å². The van der Waals surface area contributed by atoms with E-state index in [9.17, 15) is 9.59 Å². The van der Waals surface area contributed by atoms with Crippen LogP contribution < -0.4 is 15.4 Å². The first-order valence-electron chi connectivity index (χ1n) is 8.61. The molecule has 1 unspecified atom stereocenters. The van der Waals surface area contributed by atoms with Gasteiger partial charge >= 0.3 is 0 Å². The number of aromatic nitrogens is 2. The van der Waals surface area contributed by atoms with E-state index in [2.05, 4.69) is 27.8 Å². The molecule has 0 bridgehead atoms. The number of nitrogens with zero attached hydrogens (tertiary/aromatic N) is 2. The maximum atomic E-state index is 12.2. The van der Waals surface area contributed by atoms with Gasteiger partial charge in [0.15, 0.2) is 0 Å². The summed E-state index contributed by atoms with van der Waals surface area (Å²) in [6, 6.07) is 6.81. The minimum absolute atomic E-state index is 0.114. The van der Waals surface area contributed by atoms with Gasteiger partial charge in [0.2, 0.25) is 16.9 Å². The van der Waals surface area contributed by atoms with Gasteiger partial charge in [-0.05, 0) is 37.6 Å². The molecule has 0 saturated heterocycles. The van der Waals surface area contributed by atoms with Gasteiger partial charge in [0.05, 0.1) is 7.11 Å². The molecule has 0 aliphatic carbocycles. The Labute approximate surface area is 157 Å². The van der Waals surface area contributed by atoms with E-state index in [1.165, 1.54) is 11.3 Å². The molecule has 0 fully saturated rings. The minimum Gasteiger partial charge on any atom is -0.497 e. The zero-order valence-electron chi connectivity index (χ0n) is 15.2. The number of methoxy groups -OCH3 is 1. The lowest BCUT2D eigenvalue weighted by molar-refractivity contribution is -0.126. The average Bonchev–Trinajstić information content (AvgIpc) is 3.10. The Bertz CT molecular complexity index is 730. The van der Waals surface area contributed by atoms with Gasteiger partial charge in [0, 0.05) is 12.0 Å². The Morgan fingerprint density at radius 3 is 2.58 bits per heavy atom. The van der Waals surface area contributed by atoms with Gasteiger partial charge in [-0.3, -0.25) is 14.9 Å². The average molecular weight is 376 g/mol. The number of hydrogen-bond acceptors (Lipinski definition) is 6. The molecule has 0 radical (unpaired) electrons. The molecule has 1 atom stereocenters. The third-order valence-electron chi connectivity index (χ3n) is 3.77. The van der Waals surface area contributed by atoms with Gasteiger partial charge in [0.25, 0.3) is 0 Å². The second kappa shape index (κ2) is 9.86. The second-order valence-electron chi connectivity index (χ2n) is 5.88. The molecule has 2 aromatic rings. The van der Waals surface area contributed by atoms with Crippen molar-refractivity contribution in [1.29, 1.82) is 0 Å². The van der Waals surface area contributed by atoms with E-state index in [0.717, 1.165) is 30.6 Å². The van der Waals surface area contributed by atoms with Crippen LogP contribution in [0.3, 0.4) is 0 Å². The topological polar surface area (TPSA) is 93.2 Å². The number of anilines is 1. The molecule has 0 aliphatic rings. The molecule has 2 rings (SSSR count). The van der Waals surface area contributed by atoms with Crippen molar-refractivity contribution < 1.29 is 14.3 Å². The fraction of sp³-hybridized carbons (Fsp3) is 0.444. The number of carbonyl (C=O) groups excluding carboxylic acids is 2. The zero-order chi connectivity index (χ0) is 18.9. The maximum absolute atomic E-state index is 12.2. The van der Waals surface area contributed by atoms with E-state index in [4.69, 9.17) is 4.74 Å². The number of unbranched alkanes of at least 4 members (excludes halogenated alkanes) is 2. The molecule has 2 N–H and O–H groups in total. The van der Waals surface area contributed by atoms with Crippen molar-refractivity contribution in [3.8, 4) is 16.3 Å². The van der Waals surface area contributed by atoms with Gasteiger partial charge in [-0.15, -0.1) is 10.2 Å². The third kappa shape index (κ3) is 5.80. The van der Waals surface area contributed by atoms with Crippen LogP contribution in [-0.2, 0) is 9.59 Å². The van der Waals surface area contributed by atoms with E-state index in [1.807, 2.05) is 24.3 Å². The van der Waals surface area contributed by atoms with Gasteiger partial charge in [-0.1, -0.05) is 31.1 Å². The predicted octanol–water partition coefficient (Wildman–Crippen LogP) is 3.24. The number of hydrogen-bond donors (Lipinski definition) is 2. The SMILES string of the molecule is CCCCCC(=O)NC(C)C(=O)Nc1nnc(-c2ccc(OC)cc2)s1. The Hall–Kier alpha value is -2.48. The number of carbonyl (C=O) groups is 2. The first-order valence-corrected chi connectivity index (χ1v) is 9.43. The number of rotatable bonds is 9. The highest BCUT2D eigenvalue weighted by Gasteiger charge is 2.17. The van der Waals surface area contributed by atoms with E-state index < -0.39 is 6.04 Å². The zero-order valence-corrected chi connectivity index (χ0v) is 16.1. The van der Waals surface area contributed by atoms with E-state index >= 15 is 0 Å². The summed E-state index contributed by atoms with van der Waals surface area (Å²) in [4.78, 5) is 24.0. The van der Waals surface area contributed by atoms with Gasteiger partial charge in [0.1, 0.15) is 16.8 Å². The summed E-state index contributed by atoms with van der Waals surface area (Å²) >= 11 is 1.27. The molecular formula is C18H24N4O3S. The summed E-state index contributed by atoms with van der Waals surface area (Å²) in [6.45, 7) is 3.73. The van der Waals surface area contributed by atoms with Gasteiger partial charge < -0.3 is 10.1 Å². The second-order valence-corrected chi connectivity index (χ2v) is 6.85. The molecule has 0 spiro atoms. The first kappa shape index (κ1) is 19.8. The molecule has 1 aromatic carbocycles. The highest BCUT2D eigenvalue weighted by atomic mass is 32.1. The first-order chi connectivity index (χ1) is 12.5. The molecule has 140 valence electrons. The van der Waals surface area contributed by atoms with Crippen molar-refractivity contribution in [1.82, 2.24) is 15.5 Å². The standard InChI is InChI=1S/C18H24N4O3S/c1-4-5-6-7-15(23)19-12(2)16(24)20-18-22-21-17(26-18)13-8-10-14(25-3)11-9-13/h8-12H,4-7H2,1-3H3,(H,19,23)(H,20,22,24). The van der Waals surface area contributed by atoms with Crippen molar-refractivity contribution in [3.05, 3.63) is 24.3 Å². The summed E-state index contributed by atoms with van der Waals surface area (Å²) in [5.41, 5.74) is 0.890. The van der Waals surface area contributed by atoms with Crippen LogP contribution in [0.25, 0.3) is 10.6 Å². The van der Waals surface area contributed by atoms with Crippen molar-refractivity contribution in [2.75, 3.05) is 12.4 Å². The molecule has 7 nitrogen and oxygen atoms in total. The smallest absolute Gasteiger partial charge is 0.248 e. The monoisotopic (exact) mass is 376 g/mol. The summed E-state index contributed by atoms with van der Waals surface area (Å²) in [5.74, 6) is 0.332. The Morgan fingerprint density at radius 1 is 1.19 bits per heavy atom. The molecule has 0 aliphatic heterocycles. The summed E-state index contributed by atoms with van der Waals surface area (Å²) in [5, 5.41) is 14.6. The van der Waals surface area contributed by atoms with Crippen molar-refractivity contribution in [2.45, 2.75) is 45.6 Å². The largest absolute Gasteiger partial charge is 0.497 e. The van der Waals surface area contributed by atoms with Crippen molar-refractivity contribution in [2.24, 2.45) is 0 Å². The lowest BCUT2D eigenvalue weighted by Gasteiger charge is -2.12. The highest BCUT2D eigenvalue weighted by molar-refractivity contribution is 7.18. The summed E-state index contributed by atoms with van der Waals surface area (Å²) < 4.78 is 5.13. The molecule has 1 aromatic heterocycles. The lowest BCUT2D eigenvalue weighted by Crippen LogP contribution is -2.41. The Kier molecular flexibility index (Phi) is 7.53. The van der Waals surface area contributed by atoms with Crippen molar-refractivity contribution in [3.63, 3.8) is 0 Å². The fourth-order valence-electron chi connectivity index (χ4n) is 2.25. The Balaban J connectivity index is 1.88. The molecule has 26 heavy (non-hydrogen) atoms. The maximum Gasteiger partial charge on any atom is 0.248 e. The molecule has 8 heteroatoms. The number of benzene rings is 1. The van der Waals surface area contributed by atoms with E-state index in [-0.39, 0.29) is 11.8 Å². The fourth-order valence-corrected chi connectivity index (χ4v) is 3.00. The van der Waals surface area contributed by atoms with E-state index in [1.54, 1.807) is 14.0 Å². The number of nitrogens with one attached hydrogen (secondary N) is 2. The summed E-state index contributed by atoms with van der Waals surface area (Å²) in [7, 11) is 1.61. The van der Waals surface area contributed by atoms with Crippen LogP contribution in [0.5, 0.6) is 5.75 Å². The molecule has 1 heterocycles. The molecule has 0 saturated carbocycles. The number of amides is 2. The molecule has 2 amide bonds. The quantitative estimate of drug-likeness (QED) is 0.655. The van der Waals surface area contributed by atoms with Gasteiger partial charge in [-0.25, -0.2) is 0 Å². The van der Waals surface area contributed by atoms with Crippen LogP contribution >= 0.6 is 11.3 Å². The lowest BCUT2D eigenvalue weighted by atomic mass is 10.2. The van der Waals surface area contributed by atoms with Crippen LogP contribution in [0.2, 0.25) is 0 Å². The van der Waals surface area contributed by atoms with Crippen LogP contribution in [0.15, 0.2) is 24.3 Å². The van der Waals surface area contributed by atoms with Crippen molar-refractivity contribution >= 4 is 28.3 Å². The highest BCUT2D eigenvalue weighted by Crippen LogP contribution is 2.27. The minimum atomic E-state index is -0.627.